The van der Waals surface area contributed by atoms with Crippen molar-refractivity contribution in [3.8, 4) is 6.07 Å². The molecule has 2 rings (SSSR count). The maximum Gasteiger partial charge on any atom is 0.0991 e. The van der Waals surface area contributed by atoms with Gasteiger partial charge in [0.25, 0.3) is 0 Å². The fourth-order valence-electron chi connectivity index (χ4n) is 2.24. The van der Waals surface area contributed by atoms with Crippen molar-refractivity contribution in [1.29, 1.82) is 5.26 Å². The Labute approximate surface area is 103 Å². The zero-order valence-corrected chi connectivity index (χ0v) is 10.3. The molecule has 17 heavy (non-hydrogen) atoms. The Kier molecular flexibility index (Phi) is 4.00. The average Bonchev–Trinajstić information content (AvgIpc) is 2.34. The highest BCUT2D eigenvalue weighted by Gasteiger charge is 2.13. The van der Waals surface area contributed by atoms with Gasteiger partial charge in [-0.1, -0.05) is 0 Å². The molecule has 1 fully saturated rings. The van der Waals surface area contributed by atoms with Crippen LogP contribution in [0.1, 0.15) is 25.3 Å². The van der Waals surface area contributed by atoms with E-state index in [1.807, 2.05) is 24.3 Å². The Balaban J connectivity index is 2.10. The van der Waals surface area contributed by atoms with Crippen LogP contribution in [0.3, 0.4) is 0 Å². The first-order chi connectivity index (χ1) is 8.29. The van der Waals surface area contributed by atoms with Crippen LogP contribution in [-0.4, -0.2) is 25.7 Å². The predicted molar refractivity (Wildman–Crippen MR) is 70.1 cm³/mol. The number of anilines is 1. The van der Waals surface area contributed by atoms with Crippen LogP contribution >= 0.6 is 0 Å². The van der Waals surface area contributed by atoms with Gasteiger partial charge in [0.2, 0.25) is 0 Å². The highest BCUT2D eigenvalue weighted by molar-refractivity contribution is 5.49. The largest absolute Gasteiger partial charge is 0.370 e. The van der Waals surface area contributed by atoms with E-state index in [4.69, 9.17) is 5.26 Å². The molecular weight excluding hydrogens is 210 g/mol. The quantitative estimate of drug-likeness (QED) is 0.802. The summed E-state index contributed by atoms with van der Waals surface area (Å²) in [6.07, 6.45) is 2.46. The van der Waals surface area contributed by atoms with Gasteiger partial charge in [0, 0.05) is 24.8 Å². The zero-order chi connectivity index (χ0) is 12.1. The molecule has 0 aliphatic carbocycles. The lowest BCUT2D eigenvalue weighted by molar-refractivity contribution is 0.485. The number of rotatable bonds is 1. The van der Waals surface area contributed by atoms with Crippen LogP contribution in [-0.2, 0) is 0 Å². The highest BCUT2D eigenvalue weighted by atomic mass is 15.2. The predicted octanol–water partition coefficient (Wildman–Crippen LogP) is 2.14. The smallest absolute Gasteiger partial charge is 0.0991 e. The van der Waals surface area contributed by atoms with Gasteiger partial charge in [-0.25, -0.2) is 0 Å². The van der Waals surface area contributed by atoms with Crippen LogP contribution in [0.5, 0.6) is 0 Å². The second kappa shape index (κ2) is 5.70. The molecule has 1 unspecified atom stereocenters. The van der Waals surface area contributed by atoms with Gasteiger partial charge < -0.3 is 10.2 Å². The summed E-state index contributed by atoms with van der Waals surface area (Å²) in [4.78, 5) is 2.40. The molecule has 0 spiro atoms. The van der Waals surface area contributed by atoms with E-state index in [1.54, 1.807) is 0 Å². The summed E-state index contributed by atoms with van der Waals surface area (Å²) >= 11 is 0. The Morgan fingerprint density at radius 1 is 1.29 bits per heavy atom. The molecule has 1 saturated heterocycles. The first kappa shape index (κ1) is 11.9. The van der Waals surface area contributed by atoms with E-state index >= 15 is 0 Å². The molecule has 0 bridgehead atoms. The van der Waals surface area contributed by atoms with Crippen molar-refractivity contribution in [3.63, 3.8) is 0 Å². The summed E-state index contributed by atoms with van der Waals surface area (Å²) in [5, 5.41) is 12.3. The lowest BCUT2D eigenvalue weighted by Gasteiger charge is -2.30. The normalized spacial score (nSPS) is 21.4. The molecule has 0 amide bonds. The summed E-state index contributed by atoms with van der Waals surface area (Å²) < 4.78 is 0. The average molecular weight is 229 g/mol. The molecule has 1 aromatic carbocycles. The maximum absolute atomic E-state index is 8.79. The van der Waals surface area contributed by atoms with Gasteiger partial charge in [0.05, 0.1) is 11.6 Å². The third-order valence-electron chi connectivity index (χ3n) is 3.20. The lowest BCUT2D eigenvalue weighted by Crippen LogP contribution is -2.42. The van der Waals surface area contributed by atoms with Crippen LogP contribution in [0, 0.1) is 11.3 Å². The first-order valence-electron chi connectivity index (χ1n) is 6.28. The SMILES string of the molecule is CC1CN(c2ccc(C#N)cc2)CCCCN1. The standard InChI is InChI=1S/C14H19N3/c1-12-11-17(9-3-2-8-16-12)14-6-4-13(10-15)5-7-14/h4-7,12,16H,2-3,8-9,11H2,1H3. The molecule has 1 atom stereocenters. The van der Waals surface area contributed by atoms with Crippen molar-refractivity contribution in [2.45, 2.75) is 25.8 Å². The minimum Gasteiger partial charge on any atom is -0.370 e. The topological polar surface area (TPSA) is 39.1 Å². The van der Waals surface area contributed by atoms with Crippen molar-refractivity contribution in [1.82, 2.24) is 5.32 Å². The molecule has 1 aromatic rings. The molecule has 3 nitrogen and oxygen atoms in total. The summed E-state index contributed by atoms with van der Waals surface area (Å²) in [6, 6.07) is 10.6. The molecule has 0 saturated carbocycles. The van der Waals surface area contributed by atoms with Crippen molar-refractivity contribution in [2.24, 2.45) is 0 Å². The van der Waals surface area contributed by atoms with Crippen molar-refractivity contribution in [2.75, 3.05) is 24.5 Å². The molecule has 0 radical (unpaired) electrons. The van der Waals surface area contributed by atoms with Gasteiger partial charge >= 0.3 is 0 Å². The van der Waals surface area contributed by atoms with E-state index in [0.717, 1.165) is 25.2 Å². The van der Waals surface area contributed by atoms with Crippen molar-refractivity contribution < 1.29 is 0 Å². The van der Waals surface area contributed by atoms with Crippen molar-refractivity contribution in [3.05, 3.63) is 29.8 Å². The molecular formula is C14H19N3. The van der Waals surface area contributed by atoms with Crippen LogP contribution in [0.4, 0.5) is 5.69 Å². The number of hydrogen-bond donors (Lipinski definition) is 1. The molecule has 0 aromatic heterocycles. The van der Waals surface area contributed by atoms with Gasteiger partial charge in [-0.15, -0.1) is 0 Å². The Hall–Kier alpha value is -1.53. The molecule has 90 valence electrons. The molecule has 1 aliphatic heterocycles. The number of nitriles is 1. The van der Waals surface area contributed by atoms with Crippen LogP contribution < -0.4 is 10.2 Å². The monoisotopic (exact) mass is 229 g/mol. The second-order valence-corrected chi connectivity index (χ2v) is 4.67. The van der Waals surface area contributed by atoms with E-state index in [1.165, 1.54) is 18.5 Å². The number of nitrogens with zero attached hydrogens (tertiary/aromatic N) is 2. The summed E-state index contributed by atoms with van der Waals surface area (Å²) in [7, 11) is 0. The minimum atomic E-state index is 0.519. The minimum absolute atomic E-state index is 0.519. The number of hydrogen-bond acceptors (Lipinski definition) is 3. The Morgan fingerprint density at radius 2 is 2.06 bits per heavy atom. The number of benzene rings is 1. The second-order valence-electron chi connectivity index (χ2n) is 4.67. The molecule has 3 heteroatoms. The van der Waals surface area contributed by atoms with Crippen molar-refractivity contribution >= 4 is 5.69 Å². The van der Waals surface area contributed by atoms with E-state index in [9.17, 15) is 0 Å². The third kappa shape index (κ3) is 3.21. The maximum atomic E-state index is 8.79. The van der Waals surface area contributed by atoms with Crippen LogP contribution in [0.25, 0.3) is 0 Å². The van der Waals surface area contributed by atoms with Gasteiger partial charge in [-0.3, -0.25) is 0 Å². The summed E-state index contributed by atoms with van der Waals surface area (Å²) in [6.45, 7) is 5.49. The van der Waals surface area contributed by atoms with Gasteiger partial charge in [0.15, 0.2) is 0 Å². The highest BCUT2D eigenvalue weighted by Crippen LogP contribution is 2.17. The lowest BCUT2D eigenvalue weighted by atomic mass is 10.1. The Morgan fingerprint density at radius 3 is 2.76 bits per heavy atom. The zero-order valence-electron chi connectivity index (χ0n) is 10.3. The van der Waals surface area contributed by atoms with E-state index in [0.29, 0.717) is 6.04 Å². The Bertz CT molecular complexity index is 391. The van der Waals surface area contributed by atoms with E-state index < -0.39 is 0 Å². The van der Waals surface area contributed by atoms with Crippen LogP contribution in [0.2, 0.25) is 0 Å². The summed E-state index contributed by atoms with van der Waals surface area (Å²) in [5.41, 5.74) is 1.95. The number of nitrogens with one attached hydrogen (secondary N) is 1. The third-order valence-corrected chi connectivity index (χ3v) is 3.20. The molecule has 1 heterocycles. The summed E-state index contributed by atoms with van der Waals surface area (Å²) in [5.74, 6) is 0. The van der Waals surface area contributed by atoms with Gasteiger partial charge in [-0.05, 0) is 50.6 Å². The van der Waals surface area contributed by atoms with Crippen LogP contribution in [0.15, 0.2) is 24.3 Å². The fraction of sp³-hybridized carbons (Fsp3) is 0.500. The molecule has 1 N–H and O–H groups in total. The van der Waals surface area contributed by atoms with E-state index in [2.05, 4.69) is 23.2 Å². The fourth-order valence-corrected chi connectivity index (χ4v) is 2.24. The van der Waals surface area contributed by atoms with Gasteiger partial charge in [0.1, 0.15) is 0 Å². The molecule has 1 aliphatic rings. The first-order valence-corrected chi connectivity index (χ1v) is 6.28. The van der Waals surface area contributed by atoms with E-state index in [-0.39, 0.29) is 0 Å². The van der Waals surface area contributed by atoms with Gasteiger partial charge in [-0.2, -0.15) is 5.26 Å².